The average Bonchev–Trinajstić information content (AvgIpc) is 2.41. The molecule has 0 radical (unpaired) electrons. The van der Waals surface area contributed by atoms with Crippen LogP contribution in [0.2, 0.25) is 0 Å². The van der Waals surface area contributed by atoms with Gasteiger partial charge in [0, 0.05) is 0 Å². The first kappa shape index (κ1) is 17.0. The van der Waals surface area contributed by atoms with Crippen LogP contribution >= 0.6 is 0 Å². The molecule has 1 rings (SSSR count). The van der Waals surface area contributed by atoms with Gasteiger partial charge in [0.05, 0.1) is 6.61 Å². The lowest BCUT2D eigenvalue weighted by atomic mass is 9.87. The van der Waals surface area contributed by atoms with Crippen molar-refractivity contribution >= 4 is 0 Å². The minimum absolute atomic E-state index is 0.213. The standard InChI is InChI=1S/C18H31NO/c1-5-19-14-8-6-7-9-15-20-17-12-10-16(11-13-17)18(2,3)4/h10-13,19H,5-9,14-15H2,1-4H3. The zero-order chi connectivity index (χ0) is 14.8. The van der Waals surface area contributed by atoms with E-state index in [0.29, 0.717) is 0 Å². The largest absolute Gasteiger partial charge is 0.494 e. The molecule has 1 aromatic carbocycles. The highest BCUT2D eigenvalue weighted by Crippen LogP contribution is 2.24. The van der Waals surface area contributed by atoms with E-state index in [2.05, 4.69) is 57.3 Å². The highest BCUT2D eigenvalue weighted by Gasteiger charge is 2.12. The first-order valence-electron chi connectivity index (χ1n) is 7.98. The molecule has 0 fully saturated rings. The van der Waals surface area contributed by atoms with Gasteiger partial charge < -0.3 is 10.1 Å². The Morgan fingerprint density at radius 1 is 0.950 bits per heavy atom. The van der Waals surface area contributed by atoms with Gasteiger partial charge in [-0.25, -0.2) is 0 Å². The Morgan fingerprint density at radius 2 is 1.60 bits per heavy atom. The van der Waals surface area contributed by atoms with Gasteiger partial charge in [-0.3, -0.25) is 0 Å². The van der Waals surface area contributed by atoms with Gasteiger partial charge in [-0.15, -0.1) is 0 Å². The summed E-state index contributed by atoms with van der Waals surface area (Å²) in [5, 5.41) is 3.35. The Kier molecular flexibility index (Phi) is 7.68. The van der Waals surface area contributed by atoms with E-state index in [4.69, 9.17) is 4.74 Å². The molecule has 114 valence electrons. The van der Waals surface area contributed by atoms with Crippen molar-refractivity contribution in [3.63, 3.8) is 0 Å². The van der Waals surface area contributed by atoms with Crippen molar-refractivity contribution in [2.24, 2.45) is 0 Å². The second kappa shape index (κ2) is 9.02. The fourth-order valence-electron chi connectivity index (χ4n) is 2.12. The Morgan fingerprint density at radius 3 is 2.20 bits per heavy atom. The van der Waals surface area contributed by atoms with E-state index in [9.17, 15) is 0 Å². The fourth-order valence-corrected chi connectivity index (χ4v) is 2.12. The van der Waals surface area contributed by atoms with Crippen molar-refractivity contribution in [3.8, 4) is 5.75 Å². The van der Waals surface area contributed by atoms with Crippen LogP contribution in [0.3, 0.4) is 0 Å². The van der Waals surface area contributed by atoms with Gasteiger partial charge in [0.2, 0.25) is 0 Å². The summed E-state index contributed by atoms with van der Waals surface area (Å²) in [7, 11) is 0. The zero-order valence-corrected chi connectivity index (χ0v) is 13.7. The molecule has 1 N–H and O–H groups in total. The van der Waals surface area contributed by atoms with Crippen molar-refractivity contribution in [3.05, 3.63) is 29.8 Å². The third-order valence-corrected chi connectivity index (χ3v) is 3.49. The summed E-state index contributed by atoms with van der Waals surface area (Å²) < 4.78 is 5.79. The van der Waals surface area contributed by atoms with Crippen LogP contribution in [0, 0.1) is 0 Å². The number of benzene rings is 1. The summed E-state index contributed by atoms with van der Waals surface area (Å²) in [6, 6.07) is 8.52. The Bertz CT molecular complexity index is 351. The molecule has 0 atom stereocenters. The molecular weight excluding hydrogens is 246 g/mol. The Balaban J connectivity index is 2.13. The van der Waals surface area contributed by atoms with Crippen molar-refractivity contribution < 1.29 is 4.74 Å². The van der Waals surface area contributed by atoms with E-state index < -0.39 is 0 Å². The third-order valence-electron chi connectivity index (χ3n) is 3.49. The number of rotatable bonds is 9. The van der Waals surface area contributed by atoms with Crippen LogP contribution in [0.25, 0.3) is 0 Å². The second-order valence-corrected chi connectivity index (χ2v) is 6.39. The molecule has 0 aliphatic heterocycles. The van der Waals surface area contributed by atoms with E-state index in [-0.39, 0.29) is 5.41 Å². The smallest absolute Gasteiger partial charge is 0.119 e. The van der Waals surface area contributed by atoms with Crippen LogP contribution in [-0.2, 0) is 5.41 Å². The maximum atomic E-state index is 5.79. The zero-order valence-electron chi connectivity index (χ0n) is 13.7. The molecule has 0 spiro atoms. The predicted octanol–water partition coefficient (Wildman–Crippen LogP) is 4.53. The van der Waals surface area contributed by atoms with E-state index in [1.54, 1.807) is 0 Å². The molecule has 0 bridgehead atoms. The molecule has 0 aliphatic carbocycles. The summed E-state index contributed by atoms with van der Waals surface area (Å²) >= 11 is 0. The van der Waals surface area contributed by atoms with Crippen molar-refractivity contribution in [1.82, 2.24) is 5.32 Å². The molecule has 0 saturated carbocycles. The van der Waals surface area contributed by atoms with Gasteiger partial charge in [0.25, 0.3) is 0 Å². The highest BCUT2D eigenvalue weighted by molar-refractivity contribution is 5.31. The maximum Gasteiger partial charge on any atom is 0.119 e. The van der Waals surface area contributed by atoms with Crippen LogP contribution in [0.1, 0.15) is 58.9 Å². The van der Waals surface area contributed by atoms with Crippen molar-refractivity contribution in [1.29, 1.82) is 0 Å². The average molecular weight is 277 g/mol. The summed E-state index contributed by atoms with van der Waals surface area (Å²) in [6.07, 6.45) is 4.96. The normalized spacial score (nSPS) is 11.6. The van der Waals surface area contributed by atoms with Gasteiger partial charge in [-0.05, 0) is 49.0 Å². The lowest BCUT2D eigenvalue weighted by Gasteiger charge is -2.19. The number of unbranched alkanes of at least 4 members (excludes halogenated alkanes) is 3. The quantitative estimate of drug-likeness (QED) is 0.669. The Hall–Kier alpha value is -1.02. The van der Waals surface area contributed by atoms with Crippen LogP contribution in [-0.4, -0.2) is 19.7 Å². The van der Waals surface area contributed by atoms with Gasteiger partial charge in [0.1, 0.15) is 5.75 Å². The van der Waals surface area contributed by atoms with E-state index in [1.165, 1.54) is 24.8 Å². The van der Waals surface area contributed by atoms with Crippen LogP contribution in [0.15, 0.2) is 24.3 Å². The molecule has 0 heterocycles. The molecule has 0 saturated heterocycles. The fraction of sp³-hybridized carbons (Fsp3) is 0.667. The predicted molar refractivity (Wildman–Crippen MR) is 87.6 cm³/mol. The minimum atomic E-state index is 0.213. The van der Waals surface area contributed by atoms with E-state index in [1.807, 2.05) is 0 Å². The van der Waals surface area contributed by atoms with Crippen LogP contribution < -0.4 is 10.1 Å². The summed E-state index contributed by atoms with van der Waals surface area (Å²) in [5.74, 6) is 0.991. The molecule has 0 unspecified atom stereocenters. The maximum absolute atomic E-state index is 5.79. The molecule has 2 heteroatoms. The van der Waals surface area contributed by atoms with Crippen molar-refractivity contribution in [2.75, 3.05) is 19.7 Å². The van der Waals surface area contributed by atoms with E-state index in [0.717, 1.165) is 31.9 Å². The monoisotopic (exact) mass is 277 g/mol. The Labute approximate surface area is 124 Å². The number of nitrogens with one attached hydrogen (secondary N) is 1. The van der Waals surface area contributed by atoms with Crippen LogP contribution in [0.5, 0.6) is 5.75 Å². The summed E-state index contributed by atoms with van der Waals surface area (Å²) in [4.78, 5) is 0. The second-order valence-electron chi connectivity index (χ2n) is 6.39. The van der Waals surface area contributed by atoms with E-state index >= 15 is 0 Å². The minimum Gasteiger partial charge on any atom is -0.494 e. The van der Waals surface area contributed by atoms with Gasteiger partial charge in [-0.2, -0.15) is 0 Å². The molecule has 0 amide bonds. The summed E-state index contributed by atoms with van der Waals surface area (Å²) in [5.41, 5.74) is 1.57. The number of ether oxygens (including phenoxy) is 1. The number of hydrogen-bond donors (Lipinski definition) is 1. The first-order valence-corrected chi connectivity index (χ1v) is 7.98. The number of hydrogen-bond acceptors (Lipinski definition) is 2. The topological polar surface area (TPSA) is 21.3 Å². The third kappa shape index (κ3) is 6.95. The summed E-state index contributed by atoms with van der Waals surface area (Å²) in [6.45, 7) is 11.9. The molecule has 20 heavy (non-hydrogen) atoms. The SMILES string of the molecule is CCNCCCCCCOc1ccc(C(C)(C)C)cc1. The molecular formula is C18H31NO. The van der Waals surface area contributed by atoms with Crippen LogP contribution in [0.4, 0.5) is 0 Å². The molecule has 0 aromatic heterocycles. The molecule has 0 aliphatic rings. The van der Waals surface area contributed by atoms with Gasteiger partial charge >= 0.3 is 0 Å². The lowest BCUT2D eigenvalue weighted by molar-refractivity contribution is 0.304. The lowest BCUT2D eigenvalue weighted by Crippen LogP contribution is -2.13. The van der Waals surface area contributed by atoms with Crippen molar-refractivity contribution in [2.45, 2.75) is 58.8 Å². The molecule has 1 aromatic rings. The molecule has 2 nitrogen and oxygen atoms in total. The van der Waals surface area contributed by atoms with Gasteiger partial charge in [-0.1, -0.05) is 52.7 Å². The highest BCUT2D eigenvalue weighted by atomic mass is 16.5. The van der Waals surface area contributed by atoms with Gasteiger partial charge in [0.15, 0.2) is 0 Å². The first-order chi connectivity index (χ1) is 9.54.